The molecule has 0 fully saturated rings. The molecule has 5 rings (SSSR count). The number of aromatic carboxylic acids is 1. The molecule has 186 valence electrons. The molecule has 2 aromatic carbocycles. The molecule has 0 atom stereocenters. The third-order valence-electron chi connectivity index (χ3n) is 6.84. The molecule has 0 unspecified atom stereocenters. The Balaban J connectivity index is 1.48. The molecule has 7 nitrogen and oxygen atoms in total. The van der Waals surface area contributed by atoms with E-state index in [9.17, 15) is 14.4 Å². The first-order chi connectivity index (χ1) is 17.5. The summed E-state index contributed by atoms with van der Waals surface area (Å²) < 4.78 is 18.0. The van der Waals surface area contributed by atoms with Gasteiger partial charge in [0.15, 0.2) is 23.1 Å². The molecule has 0 amide bonds. The van der Waals surface area contributed by atoms with E-state index >= 15 is 0 Å². The first-order valence-corrected chi connectivity index (χ1v) is 12.4. The van der Waals surface area contributed by atoms with Gasteiger partial charge in [-0.05, 0) is 55.2 Å². The molecule has 1 heterocycles. The Labute approximate surface area is 209 Å². The standard InChI is InChI=1S/C29H28O7/c1-2-34-25-15-19(13-14-22(25)35-16-17-9-11-18(12-10-17)29(32)33)26-27-20(30)5-3-7-23(27)36-24-8-4-6-21(31)28(24)26/h9-15,26H,2-8,16H2,1H3,(H,32,33). The Morgan fingerprint density at radius 2 is 1.53 bits per heavy atom. The first-order valence-electron chi connectivity index (χ1n) is 12.4. The number of carbonyl (C=O) groups excluding carboxylic acids is 2. The lowest BCUT2D eigenvalue weighted by molar-refractivity contribution is -0.117. The van der Waals surface area contributed by atoms with Crippen LogP contribution in [0.3, 0.4) is 0 Å². The smallest absolute Gasteiger partial charge is 0.335 e. The predicted molar refractivity (Wildman–Crippen MR) is 131 cm³/mol. The highest BCUT2D eigenvalue weighted by molar-refractivity contribution is 6.05. The Morgan fingerprint density at radius 1 is 0.889 bits per heavy atom. The number of Topliss-reactive ketones (excluding diaryl/α,β-unsaturated/α-hetero) is 2. The molecule has 2 aliphatic carbocycles. The van der Waals surface area contributed by atoms with Gasteiger partial charge in [-0.3, -0.25) is 9.59 Å². The van der Waals surface area contributed by atoms with Crippen molar-refractivity contribution in [2.45, 2.75) is 58.0 Å². The number of rotatable bonds is 7. The van der Waals surface area contributed by atoms with Gasteiger partial charge in [0.2, 0.25) is 0 Å². The van der Waals surface area contributed by atoms with Crippen molar-refractivity contribution in [3.05, 3.63) is 81.8 Å². The van der Waals surface area contributed by atoms with Crippen LogP contribution in [0.25, 0.3) is 0 Å². The van der Waals surface area contributed by atoms with E-state index in [1.54, 1.807) is 12.1 Å². The second-order valence-corrected chi connectivity index (χ2v) is 9.19. The number of carboxylic acid groups (broad SMARTS) is 1. The number of carbonyl (C=O) groups is 3. The maximum absolute atomic E-state index is 13.0. The molecule has 7 heteroatoms. The fraction of sp³-hybridized carbons (Fsp3) is 0.345. The van der Waals surface area contributed by atoms with E-state index in [0.29, 0.717) is 66.5 Å². The molecular formula is C29H28O7. The SMILES string of the molecule is CCOc1cc(C2C3=C(CCCC3=O)OC3=C2C(=O)CCC3)ccc1OCc1ccc(C(=O)O)cc1. The van der Waals surface area contributed by atoms with Crippen LogP contribution in [-0.4, -0.2) is 29.2 Å². The number of hydrogen-bond acceptors (Lipinski definition) is 6. The first kappa shape index (κ1) is 23.9. The Kier molecular flexibility index (Phi) is 6.63. The highest BCUT2D eigenvalue weighted by Gasteiger charge is 2.42. The summed E-state index contributed by atoms with van der Waals surface area (Å²) in [5, 5.41) is 9.09. The van der Waals surface area contributed by atoms with Crippen LogP contribution in [0, 0.1) is 0 Å². The number of hydrogen-bond donors (Lipinski definition) is 1. The number of ketones is 2. The summed E-state index contributed by atoms with van der Waals surface area (Å²) in [6.45, 7) is 2.53. The fourth-order valence-corrected chi connectivity index (χ4v) is 5.15. The van der Waals surface area contributed by atoms with Crippen LogP contribution in [0.15, 0.2) is 65.1 Å². The van der Waals surface area contributed by atoms with Crippen molar-refractivity contribution in [1.82, 2.24) is 0 Å². The van der Waals surface area contributed by atoms with Crippen molar-refractivity contribution in [3.8, 4) is 11.5 Å². The minimum Gasteiger partial charge on any atom is -0.490 e. The van der Waals surface area contributed by atoms with Crippen molar-refractivity contribution in [1.29, 1.82) is 0 Å². The average Bonchev–Trinajstić information content (AvgIpc) is 2.87. The van der Waals surface area contributed by atoms with Gasteiger partial charge in [0.1, 0.15) is 18.1 Å². The van der Waals surface area contributed by atoms with Gasteiger partial charge >= 0.3 is 5.97 Å². The zero-order chi connectivity index (χ0) is 25.2. The molecule has 1 aliphatic heterocycles. The third-order valence-corrected chi connectivity index (χ3v) is 6.84. The highest BCUT2D eigenvalue weighted by Crippen LogP contribution is 2.48. The van der Waals surface area contributed by atoms with Crippen molar-refractivity contribution in [3.63, 3.8) is 0 Å². The summed E-state index contributed by atoms with van der Waals surface area (Å²) in [5.74, 6) is 1.10. The van der Waals surface area contributed by atoms with Gasteiger partial charge in [0.25, 0.3) is 0 Å². The molecule has 0 saturated carbocycles. The summed E-state index contributed by atoms with van der Waals surface area (Å²) in [7, 11) is 0. The topological polar surface area (TPSA) is 99.1 Å². The van der Waals surface area contributed by atoms with Gasteiger partial charge in [-0.25, -0.2) is 4.79 Å². The maximum Gasteiger partial charge on any atom is 0.335 e. The lowest BCUT2D eigenvalue weighted by Crippen LogP contribution is -2.30. The molecule has 36 heavy (non-hydrogen) atoms. The van der Waals surface area contributed by atoms with Crippen molar-refractivity contribution >= 4 is 17.5 Å². The number of ether oxygens (including phenoxy) is 3. The van der Waals surface area contributed by atoms with Crippen molar-refractivity contribution in [2.75, 3.05) is 6.61 Å². The lowest BCUT2D eigenvalue weighted by atomic mass is 9.73. The van der Waals surface area contributed by atoms with Crippen LogP contribution in [0.5, 0.6) is 11.5 Å². The Hall–Kier alpha value is -3.87. The van der Waals surface area contributed by atoms with E-state index in [-0.39, 0.29) is 23.7 Å². The maximum atomic E-state index is 13.0. The molecule has 2 aromatic rings. The van der Waals surface area contributed by atoms with E-state index in [0.717, 1.165) is 24.0 Å². The summed E-state index contributed by atoms with van der Waals surface area (Å²) in [6, 6.07) is 12.1. The van der Waals surface area contributed by atoms with E-state index in [2.05, 4.69) is 0 Å². The van der Waals surface area contributed by atoms with Gasteiger partial charge in [-0.15, -0.1) is 0 Å². The molecule has 0 aromatic heterocycles. The third kappa shape index (κ3) is 4.53. The van der Waals surface area contributed by atoms with Crippen LogP contribution in [0.4, 0.5) is 0 Å². The summed E-state index contributed by atoms with van der Waals surface area (Å²) in [6.07, 6.45) is 3.81. The van der Waals surface area contributed by atoms with Gasteiger partial charge in [-0.2, -0.15) is 0 Å². The van der Waals surface area contributed by atoms with E-state index in [4.69, 9.17) is 19.3 Å². The second kappa shape index (κ2) is 10.0. The quantitative estimate of drug-likeness (QED) is 0.550. The number of allylic oxidation sites excluding steroid dienone is 4. The van der Waals surface area contributed by atoms with E-state index < -0.39 is 11.9 Å². The predicted octanol–water partition coefficient (Wildman–Crippen LogP) is 5.49. The monoisotopic (exact) mass is 488 g/mol. The zero-order valence-corrected chi connectivity index (χ0v) is 20.2. The van der Waals surface area contributed by atoms with E-state index in [1.165, 1.54) is 12.1 Å². The van der Waals surface area contributed by atoms with Gasteiger partial charge in [0.05, 0.1) is 12.2 Å². The summed E-state index contributed by atoms with van der Waals surface area (Å²) in [4.78, 5) is 37.1. The Bertz CT molecular complexity index is 1240. The normalized spacial score (nSPS) is 17.9. The zero-order valence-electron chi connectivity index (χ0n) is 20.2. The molecule has 0 radical (unpaired) electrons. The van der Waals surface area contributed by atoms with Crippen molar-refractivity contribution < 1.29 is 33.7 Å². The summed E-state index contributed by atoms with van der Waals surface area (Å²) >= 11 is 0. The lowest BCUT2D eigenvalue weighted by Gasteiger charge is -2.36. The minimum atomic E-state index is -0.978. The summed E-state index contributed by atoms with van der Waals surface area (Å²) in [5.41, 5.74) is 3.05. The number of carboxylic acids is 1. The molecule has 3 aliphatic rings. The Morgan fingerprint density at radius 3 is 2.11 bits per heavy atom. The highest BCUT2D eigenvalue weighted by atomic mass is 16.5. The minimum absolute atomic E-state index is 0.0364. The molecular weight excluding hydrogens is 460 g/mol. The molecule has 1 N–H and O–H groups in total. The molecule has 0 saturated heterocycles. The van der Waals surface area contributed by atoms with Crippen LogP contribution in [-0.2, 0) is 20.9 Å². The van der Waals surface area contributed by atoms with E-state index in [1.807, 2.05) is 25.1 Å². The van der Waals surface area contributed by atoms with Crippen molar-refractivity contribution in [2.24, 2.45) is 0 Å². The van der Waals surface area contributed by atoms with Gasteiger partial charge < -0.3 is 19.3 Å². The van der Waals surface area contributed by atoms with Crippen LogP contribution < -0.4 is 9.47 Å². The second-order valence-electron chi connectivity index (χ2n) is 9.19. The molecule has 0 spiro atoms. The average molecular weight is 489 g/mol. The van der Waals surface area contributed by atoms with Gasteiger partial charge in [-0.1, -0.05) is 18.2 Å². The molecule has 0 bridgehead atoms. The number of benzene rings is 2. The van der Waals surface area contributed by atoms with Gasteiger partial charge in [0, 0.05) is 42.7 Å². The fourth-order valence-electron chi connectivity index (χ4n) is 5.15. The largest absolute Gasteiger partial charge is 0.490 e. The van der Waals surface area contributed by atoms with Crippen LogP contribution >= 0.6 is 0 Å². The van der Waals surface area contributed by atoms with Crippen LogP contribution in [0.1, 0.15) is 72.9 Å². The van der Waals surface area contributed by atoms with Crippen LogP contribution in [0.2, 0.25) is 0 Å².